The molecule has 2 saturated heterocycles. The number of aliphatic hydroxyl groups is 1. The third-order valence-corrected chi connectivity index (χ3v) is 7.47. The molecule has 202 valence electrons. The van der Waals surface area contributed by atoms with Crippen molar-refractivity contribution in [1.82, 2.24) is 9.80 Å². The van der Waals surface area contributed by atoms with E-state index in [1.807, 2.05) is 36.1 Å². The molecule has 7 nitrogen and oxygen atoms in total. The van der Waals surface area contributed by atoms with Gasteiger partial charge in [0.05, 0.1) is 19.3 Å². The van der Waals surface area contributed by atoms with Gasteiger partial charge in [0.2, 0.25) is 5.91 Å². The van der Waals surface area contributed by atoms with E-state index in [9.17, 15) is 9.90 Å². The highest BCUT2D eigenvalue weighted by molar-refractivity contribution is 5.78. The standard InChI is InChI=1S/C30H42N2O5/c1-23-8-10-26(24(2)19-23)37-22-30(34)12-5-14-31(17-13-30)21-25-9-11-27(28(20-25)35-3)36-18-6-16-32-15-4-7-29(32)33/h8-11,19-20,34H,4-7,12-18,21-22H2,1-3H3/t30-/m1/s1. The van der Waals surface area contributed by atoms with E-state index >= 15 is 0 Å². The normalized spacial score (nSPS) is 20.6. The first kappa shape index (κ1) is 27.3. The zero-order chi connectivity index (χ0) is 26.3. The summed E-state index contributed by atoms with van der Waals surface area (Å²) in [5, 5.41) is 11.2. The summed E-state index contributed by atoms with van der Waals surface area (Å²) in [4.78, 5) is 16.1. The maximum Gasteiger partial charge on any atom is 0.222 e. The molecular weight excluding hydrogens is 468 g/mol. The van der Waals surface area contributed by atoms with Crippen LogP contribution in [0.2, 0.25) is 0 Å². The van der Waals surface area contributed by atoms with Crippen molar-refractivity contribution < 1.29 is 24.1 Å². The molecule has 2 heterocycles. The van der Waals surface area contributed by atoms with Gasteiger partial charge in [-0.25, -0.2) is 0 Å². The van der Waals surface area contributed by atoms with Crippen molar-refractivity contribution in [3.63, 3.8) is 0 Å². The molecule has 1 atom stereocenters. The minimum absolute atomic E-state index is 0.253. The van der Waals surface area contributed by atoms with E-state index in [1.165, 1.54) is 5.56 Å². The Labute approximate surface area is 221 Å². The molecule has 0 bridgehead atoms. The van der Waals surface area contributed by atoms with Crippen molar-refractivity contribution in [3.8, 4) is 17.2 Å². The number of carbonyl (C=O) groups excluding carboxylic acids is 1. The number of ether oxygens (including phenoxy) is 3. The maximum atomic E-state index is 11.8. The molecule has 1 amide bonds. The number of methoxy groups -OCH3 is 1. The summed E-state index contributed by atoms with van der Waals surface area (Å²) in [6, 6.07) is 12.2. The predicted octanol–water partition coefficient (Wildman–Crippen LogP) is 4.50. The fourth-order valence-electron chi connectivity index (χ4n) is 5.28. The minimum Gasteiger partial charge on any atom is -0.493 e. The molecule has 2 fully saturated rings. The highest BCUT2D eigenvalue weighted by atomic mass is 16.5. The molecule has 0 unspecified atom stereocenters. The van der Waals surface area contributed by atoms with E-state index in [0.717, 1.165) is 86.8 Å². The van der Waals surface area contributed by atoms with E-state index in [0.29, 0.717) is 26.1 Å². The summed E-state index contributed by atoms with van der Waals surface area (Å²) in [5.41, 5.74) is 2.65. The Kier molecular flexibility index (Phi) is 9.33. The largest absolute Gasteiger partial charge is 0.493 e. The average molecular weight is 511 g/mol. The summed E-state index contributed by atoms with van der Waals surface area (Å²) in [6.07, 6.45) is 4.77. The van der Waals surface area contributed by atoms with E-state index in [1.54, 1.807) is 7.11 Å². The van der Waals surface area contributed by atoms with Gasteiger partial charge >= 0.3 is 0 Å². The lowest BCUT2D eigenvalue weighted by atomic mass is 9.96. The Hall–Kier alpha value is -2.77. The Morgan fingerprint density at radius 1 is 0.946 bits per heavy atom. The third kappa shape index (κ3) is 7.62. The van der Waals surface area contributed by atoms with E-state index in [4.69, 9.17) is 14.2 Å². The second-order valence-corrected chi connectivity index (χ2v) is 10.6. The SMILES string of the molecule is COc1cc(CN2CCC[C@](O)(COc3ccc(C)cc3C)CC2)ccc1OCCCN1CCCC1=O. The number of rotatable bonds is 11. The zero-order valence-corrected chi connectivity index (χ0v) is 22.6. The van der Waals surface area contributed by atoms with E-state index in [-0.39, 0.29) is 5.91 Å². The van der Waals surface area contributed by atoms with Crippen LogP contribution in [0.1, 0.15) is 55.2 Å². The molecule has 2 aromatic carbocycles. The van der Waals surface area contributed by atoms with Crippen LogP contribution in [-0.4, -0.2) is 72.9 Å². The molecule has 7 heteroatoms. The second kappa shape index (κ2) is 12.7. The smallest absolute Gasteiger partial charge is 0.222 e. The molecule has 2 aromatic rings. The van der Waals surface area contributed by atoms with Gasteiger partial charge in [-0.15, -0.1) is 0 Å². The highest BCUT2D eigenvalue weighted by Crippen LogP contribution is 2.30. The third-order valence-electron chi connectivity index (χ3n) is 7.47. The Bertz CT molecular complexity index is 1060. The molecule has 0 radical (unpaired) electrons. The average Bonchev–Trinajstić information content (AvgIpc) is 3.20. The van der Waals surface area contributed by atoms with Crippen molar-refractivity contribution in [2.75, 3.05) is 46.5 Å². The van der Waals surface area contributed by atoms with Gasteiger partial charge in [-0.05, 0) is 81.8 Å². The minimum atomic E-state index is -0.818. The molecule has 0 aromatic heterocycles. The Morgan fingerprint density at radius 3 is 2.54 bits per heavy atom. The Morgan fingerprint density at radius 2 is 1.78 bits per heavy atom. The number of likely N-dealkylation sites (tertiary alicyclic amines) is 2. The Balaban J connectivity index is 1.25. The van der Waals surface area contributed by atoms with Crippen molar-refractivity contribution in [2.24, 2.45) is 0 Å². The summed E-state index contributed by atoms with van der Waals surface area (Å²) in [5.74, 6) is 2.55. The van der Waals surface area contributed by atoms with Gasteiger partial charge in [0, 0.05) is 32.6 Å². The molecule has 37 heavy (non-hydrogen) atoms. The molecule has 0 aliphatic carbocycles. The quantitative estimate of drug-likeness (QED) is 0.449. The molecule has 2 aliphatic heterocycles. The first-order valence-corrected chi connectivity index (χ1v) is 13.6. The van der Waals surface area contributed by atoms with Crippen molar-refractivity contribution in [2.45, 2.75) is 64.5 Å². The van der Waals surface area contributed by atoms with Crippen molar-refractivity contribution in [3.05, 3.63) is 53.1 Å². The number of nitrogens with zero attached hydrogens (tertiary/aromatic N) is 2. The van der Waals surface area contributed by atoms with Crippen LogP contribution >= 0.6 is 0 Å². The van der Waals surface area contributed by atoms with Crippen LogP contribution in [0.25, 0.3) is 0 Å². The molecule has 0 spiro atoms. The number of carbonyl (C=O) groups is 1. The monoisotopic (exact) mass is 510 g/mol. The maximum absolute atomic E-state index is 11.8. The summed E-state index contributed by atoms with van der Waals surface area (Å²) in [7, 11) is 1.66. The van der Waals surface area contributed by atoms with Crippen LogP contribution in [0.4, 0.5) is 0 Å². The second-order valence-electron chi connectivity index (χ2n) is 10.6. The molecular formula is C30H42N2O5. The lowest BCUT2D eigenvalue weighted by Gasteiger charge is -2.27. The van der Waals surface area contributed by atoms with E-state index < -0.39 is 5.60 Å². The van der Waals surface area contributed by atoms with Gasteiger partial charge in [-0.3, -0.25) is 9.69 Å². The molecule has 0 saturated carbocycles. The summed E-state index contributed by atoms with van der Waals surface area (Å²) in [6.45, 7) is 9.13. The number of hydrogen-bond acceptors (Lipinski definition) is 6. The van der Waals surface area contributed by atoms with Gasteiger partial charge in [-0.2, -0.15) is 0 Å². The number of hydrogen-bond donors (Lipinski definition) is 1. The van der Waals surface area contributed by atoms with Crippen LogP contribution in [0.5, 0.6) is 17.2 Å². The zero-order valence-electron chi connectivity index (χ0n) is 22.6. The summed E-state index contributed by atoms with van der Waals surface area (Å²) >= 11 is 0. The van der Waals surface area contributed by atoms with Crippen LogP contribution in [0, 0.1) is 13.8 Å². The lowest BCUT2D eigenvalue weighted by Crippen LogP contribution is -2.37. The van der Waals surface area contributed by atoms with Gasteiger partial charge in [-0.1, -0.05) is 23.8 Å². The fourth-order valence-corrected chi connectivity index (χ4v) is 5.28. The first-order valence-electron chi connectivity index (χ1n) is 13.6. The van der Waals surface area contributed by atoms with Crippen LogP contribution in [0.15, 0.2) is 36.4 Å². The van der Waals surface area contributed by atoms with Crippen LogP contribution in [-0.2, 0) is 11.3 Å². The molecule has 4 rings (SSSR count). The van der Waals surface area contributed by atoms with Crippen LogP contribution in [0.3, 0.4) is 0 Å². The van der Waals surface area contributed by atoms with Crippen LogP contribution < -0.4 is 14.2 Å². The van der Waals surface area contributed by atoms with E-state index in [2.05, 4.69) is 24.0 Å². The summed E-state index contributed by atoms with van der Waals surface area (Å²) < 4.78 is 17.6. The number of benzene rings is 2. The molecule has 1 N–H and O–H groups in total. The van der Waals surface area contributed by atoms with Gasteiger partial charge in [0.1, 0.15) is 12.4 Å². The molecule has 2 aliphatic rings. The lowest BCUT2D eigenvalue weighted by molar-refractivity contribution is -0.127. The number of amides is 1. The topological polar surface area (TPSA) is 71.5 Å². The van der Waals surface area contributed by atoms with Gasteiger partial charge in [0.15, 0.2) is 11.5 Å². The predicted molar refractivity (Wildman–Crippen MR) is 144 cm³/mol. The van der Waals surface area contributed by atoms with Gasteiger partial charge < -0.3 is 24.2 Å². The first-order chi connectivity index (χ1) is 17.8. The van der Waals surface area contributed by atoms with Crippen molar-refractivity contribution in [1.29, 1.82) is 0 Å². The fraction of sp³-hybridized carbons (Fsp3) is 0.567. The van der Waals surface area contributed by atoms with Gasteiger partial charge in [0.25, 0.3) is 0 Å². The van der Waals surface area contributed by atoms with Crippen molar-refractivity contribution >= 4 is 5.91 Å². The number of aryl methyl sites for hydroxylation is 2. The highest BCUT2D eigenvalue weighted by Gasteiger charge is 2.31.